The Kier molecular flexibility index (Phi) is 3.81. The first kappa shape index (κ1) is 13.5. The van der Waals surface area contributed by atoms with Crippen molar-refractivity contribution in [2.75, 3.05) is 18.5 Å². The fourth-order valence-corrected chi connectivity index (χ4v) is 2.26. The predicted octanol–water partition coefficient (Wildman–Crippen LogP) is 1.74. The van der Waals surface area contributed by atoms with E-state index >= 15 is 0 Å². The number of anilines is 1. The summed E-state index contributed by atoms with van der Waals surface area (Å²) in [6.45, 7) is 6.21. The molecule has 0 bridgehead atoms. The minimum atomic E-state index is -0.383. The Morgan fingerprint density at radius 1 is 1.37 bits per heavy atom. The van der Waals surface area contributed by atoms with Gasteiger partial charge < -0.3 is 0 Å². The van der Waals surface area contributed by atoms with Gasteiger partial charge in [0.25, 0.3) is 5.91 Å². The van der Waals surface area contributed by atoms with Crippen LogP contribution in [0.5, 0.6) is 0 Å². The summed E-state index contributed by atoms with van der Waals surface area (Å²) in [6.07, 6.45) is 1.96. The van der Waals surface area contributed by atoms with Crippen molar-refractivity contribution in [2.24, 2.45) is 0 Å². The molecule has 4 nitrogen and oxygen atoms in total. The van der Waals surface area contributed by atoms with Gasteiger partial charge in [0.05, 0.1) is 18.2 Å². The van der Waals surface area contributed by atoms with Crippen LogP contribution in [0.15, 0.2) is 36.9 Å². The average Bonchev–Trinajstić information content (AvgIpc) is 2.67. The third-order valence-corrected chi connectivity index (χ3v) is 3.36. The van der Waals surface area contributed by atoms with Crippen LogP contribution in [0.4, 0.5) is 5.69 Å². The highest BCUT2D eigenvalue weighted by molar-refractivity contribution is 6.22. The first-order chi connectivity index (χ1) is 9.04. The van der Waals surface area contributed by atoms with Gasteiger partial charge in [0.2, 0.25) is 5.91 Å². The Bertz CT molecular complexity index is 507. The summed E-state index contributed by atoms with van der Waals surface area (Å²) in [6, 6.07) is 7.03. The van der Waals surface area contributed by atoms with Crippen LogP contribution in [0.3, 0.4) is 0 Å². The molecule has 100 valence electrons. The van der Waals surface area contributed by atoms with E-state index in [0.29, 0.717) is 12.2 Å². The zero-order valence-electron chi connectivity index (χ0n) is 11.3. The number of hydrogen-bond acceptors (Lipinski definition) is 3. The van der Waals surface area contributed by atoms with Crippen LogP contribution in [-0.4, -0.2) is 36.3 Å². The lowest BCUT2D eigenvalue weighted by molar-refractivity contribution is -0.122. The van der Waals surface area contributed by atoms with Crippen molar-refractivity contribution in [3.63, 3.8) is 0 Å². The zero-order valence-corrected chi connectivity index (χ0v) is 11.3. The lowest BCUT2D eigenvalue weighted by Gasteiger charge is -2.21. The average molecular weight is 258 g/mol. The third-order valence-electron chi connectivity index (χ3n) is 3.36. The number of carbonyl (C=O) groups excluding carboxylic acids is 2. The minimum absolute atomic E-state index is 0.144. The molecule has 1 aliphatic heterocycles. The van der Waals surface area contributed by atoms with Gasteiger partial charge in [0, 0.05) is 6.54 Å². The lowest BCUT2D eigenvalue weighted by atomic mass is 10.2. The Balaban J connectivity index is 2.23. The van der Waals surface area contributed by atoms with Crippen LogP contribution in [0.1, 0.15) is 12.0 Å². The second-order valence-corrected chi connectivity index (χ2v) is 4.85. The molecular weight excluding hydrogens is 240 g/mol. The molecule has 0 aromatic heterocycles. The Hall–Kier alpha value is -1.94. The van der Waals surface area contributed by atoms with Crippen LogP contribution in [0.25, 0.3) is 0 Å². The maximum Gasteiger partial charge on any atom is 0.251 e. The molecule has 19 heavy (non-hydrogen) atoms. The van der Waals surface area contributed by atoms with Crippen molar-refractivity contribution in [2.45, 2.75) is 19.4 Å². The maximum absolute atomic E-state index is 12.3. The normalized spacial score (nSPS) is 19.3. The van der Waals surface area contributed by atoms with Crippen LogP contribution < -0.4 is 4.90 Å². The van der Waals surface area contributed by atoms with E-state index in [2.05, 4.69) is 6.58 Å². The quantitative estimate of drug-likeness (QED) is 0.610. The number of rotatable bonds is 4. The molecule has 2 amide bonds. The summed E-state index contributed by atoms with van der Waals surface area (Å²) < 4.78 is 0. The first-order valence-electron chi connectivity index (χ1n) is 6.29. The molecule has 1 saturated heterocycles. The van der Waals surface area contributed by atoms with Gasteiger partial charge in [-0.3, -0.25) is 14.5 Å². The number of nitrogens with zero attached hydrogens (tertiary/aromatic N) is 2. The lowest BCUT2D eigenvalue weighted by Crippen LogP contribution is -2.40. The predicted molar refractivity (Wildman–Crippen MR) is 74.9 cm³/mol. The topological polar surface area (TPSA) is 40.6 Å². The van der Waals surface area contributed by atoms with Crippen LogP contribution in [0.2, 0.25) is 0 Å². The van der Waals surface area contributed by atoms with E-state index in [-0.39, 0.29) is 24.3 Å². The standard InChI is InChI=1S/C15H18N2O2/c1-4-9-16(3)13-10-14(18)17(15(13)19)12-7-5-11(2)6-8-12/h4-8,13H,1,9-10H2,2-3H3. The summed E-state index contributed by atoms with van der Waals surface area (Å²) >= 11 is 0. The fourth-order valence-electron chi connectivity index (χ4n) is 2.26. The largest absolute Gasteiger partial charge is 0.291 e. The molecule has 1 unspecified atom stereocenters. The highest BCUT2D eigenvalue weighted by Crippen LogP contribution is 2.25. The highest BCUT2D eigenvalue weighted by atomic mass is 16.2. The third kappa shape index (κ3) is 2.58. The van der Waals surface area contributed by atoms with Gasteiger partial charge in [-0.1, -0.05) is 23.8 Å². The molecule has 1 aliphatic rings. The number of likely N-dealkylation sites (N-methyl/N-ethyl adjacent to an activating group) is 1. The first-order valence-corrected chi connectivity index (χ1v) is 6.29. The van der Waals surface area contributed by atoms with Crippen LogP contribution in [0, 0.1) is 6.92 Å². The Labute approximate surface area is 113 Å². The Morgan fingerprint density at radius 3 is 2.58 bits per heavy atom. The van der Waals surface area contributed by atoms with E-state index in [1.165, 1.54) is 4.90 Å². The number of imide groups is 1. The van der Waals surface area contributed by atoms with E-state index in [9.17, 15) is 9.59 Å². The van der Waals surface area contributed by atoms with Gasteiger partial charge in [-0.15, -0.1) is 6.58 Å². The number of aryl methyl sites for hydroxylation is 1. The van der Waals surface area contributed by atoms with E-state index in [1.807, 2.05) is 31.0 Å². The SMILES string of the molecule is C=CCN(C)C1CC(=O)N(c2ccc(C)cc2)C1=O. The van der Waals surface area contributed by atoms with Crippen LogP contribution >= 0.6 is 0 Å². The van der Waals surface area contributed by atoms with Crippen molar-refractivity contribution < 1.29 is 9.59 Å². The number of carbonyl (C=O) groups is 2. The van der Waals surface area contributed by atoms with Gasteiger partial charge >= 0.3 is 0 Å². The van der Waals surface area contributed by atoms with Crippen molar-refractivity contribution in [1.82, 2.24) is 4.90 Å². The van der Waals surface area contributed by atoms with Crippen molar-refractivity contribution in [3.8, 4) is 0 Å². The molecule has 4 heteroatoms. The second-order valence-electron chi connectivity index (χ2n) is 4.85. The molecule has 0 saturated carbocycles. The summed E-state index contributed by atoms with van der Waals surface area (Å²) in [4.78, 5) is 27.5. The molecule has 0 N–H and O–H groups in total. The fraction of sp³-hybridized carbons (Fsp3) is 0.333. The maximum atomic E-state index is 12.3. The van der Waals surface area contributed by atoms with Gasteiger partial charge in [-0.05, 0) is 26.1 Å². The van der Waals surface area contributed by atoms with Crippen LogP contribution in [-0.2, 0) is 9.59 Å². The van der Waals surface area contributed by atoms with E-state index in [1.54, 1.807) is 18.2 Å². The summed E-state index contributed by atoms with van der Waals surface area (Å²) in [5.74, 6) is -0.298. The van der Waals surface area contributed by atoms with E-state index in [4.69, 9.17) is 0 Å². The summed E-state index contributed by atoms with van der Waals surface area (Å²) in [5, 5.41) is 0. The molecule has 0 radical (unpaired) electrons. The van der Waals surface area contributed by atoms with Gasteiger partial charge in [0.1, 0.15) is 0 Å². The molecular formula is C15H18N2O2. The van der Waals surface area contributed by atoms with E-state index < -0.39 is 0 Å². The van der Waals surface area contributed by atoms with Gasteiger partial charge in [-0.2, -0.15) is 0 Å². The molecule has 1 fully saturated rings. The Morgan fingerprint density at radius 2 is 2.00 bits per heavy atom. The zero-order chi connectivity index (χ0) is 14.0. The highest BCUT2D eigenvalue weighted by Gasteiger charge is 2.41. The second kappa shape index (κ2) is 5.36. The summed E-state index contributed by atoms with van der Waals surface area (Å²) in [7, 11) is 1.83. The summed E-state index contributed by atoms with van der Waals surface area (Å²) in [5.41, 5.74) is 1.75. The molecule has 2 rings (SSSR count). The number of benzene rings is 1. The minimum Gasteiger partial charge on any atom is -0.291 e. The molecule has 0 aliphatic carbocycles. The number of hydrogen-bond donors (Lipinski definition) is 0. The van der Waals surface area contributed by atoms with Gasteiger partial charge in [0.15, 0.2) is 0 Å². The van der Waals surface area contributed by atoms with Crippen molar-refractivity contribution >= 4 is 17.5 Å². The van der Waals surface area contributed by atoms with Gasteiger partial charge in [-0.25, -0.2) is 4.90 Å². The molecule has 1 atom stereocenters. The van der Waals surface area contributed by atoms with Crippen molar-refractivity contribution in [3.05, 3.63) is 42.5 Å². The monoisotopic (exact) mass is 258 g/mol. The molecule has 1 aromatic carbocycles. The molecule has 1 aromatic rings. The van der Waals surface area contributed by atoms with E-state index in [0.717, 1.165) is 5.56 Å². The number of amides is 2. The molecule has 0 spiro atoms. The van der Waals surface area contributed by atoms with Crippen molar-refractivity contribution in [1.29, 1.82) is 0 Å². The smallest absolute Gasteiger partial charge is 0.251 e. The molecule has 1 heterocycles.